The van der Waals surface area contributed by atoms with Gasteiger partial charge in [0.25, 0.3) is 0 Å². The monoisotopic (exact) mass is 250 g/mol. The van der Waals surface area contributed by atoms with Crippen molar-refractivity contribution < 1.29 is 4.74 Å². The zero-order valence-corrected chi connectivity index (χ0v) is 11.6. The summed E-state index contributed by atoms with van der Waals surface area (Å²) >= 11 is 0. The Kier molecular flexibility index (Phi) is 3.71. The van der Waals surface area contributed by atoms with Crippen LogP contribution in [0.5, 0.6) is 0 Å². The fourth-order valence-corrected chi connectivity index (χ4v) is 2.14. The van der Waals surface area contributed by atoms with Crippen LogP contribution in [-0.4, -0.2) is 36.3 Å². The first kappa shape index (κ1) is 13.1. The lowest BCUT2D eigenvalue weighted by Gasteiger charge is -2.26. The third-order valence-corrected chi connectivity index (χ3v) is 3.48. The van der Waals surface area contributed by atoms with Crippen LogP contribution in [0.25, 0.3) is 0 Å². The first-order valence-electron chi connectivity index (χ1n) is 6.45. The maximum absolute atomic E-state index is 5.99. The van der Waals surface area contributed by atoms with Gasteiger partial charge in [0.1, 0.15) is 17.5 Å². The zero-order valence-electron chi connectivity index (χ0n) is 11.6. The van der Waals surface area contributed by atoms with E-state index in [4.69, 9.17) is 10.5 Å². The average molecular weight is 250 g/mol. The van der Waals surface area contributed by atoms with E-state index in [2.05, 4.69) is 35.8 Å². The minimum absolute atomic E-state index is 0.278. The highest BCUT2D eigenvalue weighted by atomic mass is 16.5. The fraction of sp³-hybridized carbons (Fsp3) is 0.692. The second kappa shape index (κ2) is 5.10. The van der Waals surface area contributed by atoms with E-state index in [1.807, 2.05) is 6.92 Å². The molecule has 2 N–H and O–H groups in total. The van der Waals surface area contributed by atoms with Gasteiger partial charge in [0.05, 0.1) is 12.6 Å². The van der Waals surface area contributed by atoms with Crippen LogP contribution >= 0.6 is 0 Å². The molecular formula is C13H22N4O. The number of ether oxygens (including phenoxy) is 1. The Morgan fingerprint density at radius 2 is 2.11 bits per heavy atom. The number of rotatable bonds is 3. The molecule has 5 nitrogen and oxygen atoms in total. The Morgan fingerprint density at radius 3 is 2.67 bits per heavy atom. The average Bonchev–Trinajstić information content (AvgIpc) is 2.85. The van der Waals surface area contributed by atoms with Crippen molar-refractivity contribution >= 4 is 11.6 Å². The number of likely N-dealkylation sites (N-methyl/N-ethyl adjacent to an activating group) is 1. The van der Waals surface area contributed by atoms with Crippen molar-refractivity contribution in [2.45, 2.75) is 39.2 Å². The second-order valence-corrected chi connectivity index (χ2v) is 5.20. The van der Waals surface area contributed by atoms with E-state index >= 15 is 0 Å². The van der Waals surface area contributed by atoms with Crippen molar-refractivity contribution in [3.8, 4) is 0 Å². The van der Waals surface area contributed by atoms with E-state index in [1.54, 1.807) is 0 Å². The van der Waals surface area contributed by atoms with E-state index in [-0.39, 0.29) is 5.92 Å². The number of nitrogen functional groups attached to an aromatic ring is 1. The molecule has 0 radical (unpaired) electrons. The predicted octanol–water partition coefficient (Wildman–Crippen LogP) is 1.72. The van der Waals surface area contributed by atoms with Crippen LogP contribution in [-0.2, 0) is 4.74 Å². The van der Waals surface area contributed by atoms with Crippen molar-refractivity contribution in [1.29, 1.82) is 0 Å². The van der Waals surface area contributed by atoms with Gasteiger partial charge in [-0.25, -0.2) is 9.97 Å². The topological polar surface area (TPSA) is 64.3 Å². The maximum Gasteiger partial charge on any atom is 0.137 e. The number of anilines is 2. The Labute approximate surface area is 108 Å². The molecule has 1 aromatic rings. The van der Waals surface area contributed by atoms with Crippen LogP contribution in [0.3, 0.4) is 0 Å². The number of nitrogens with zero attached hydrogens (tertiary/aromatic N) is 3. The number of aromatic nitrogens is 2. The van der Waals surface area contributed by atoms with Crippen molar-refractivity contribution in [1.82, 2.24) is 9.97 Å². The molecule has 1 fully saturated rings. The molecule has 18 heavy (non-hydrogen) atoms. The smallest absolute Gasteiger partial charge is 0.137 e. The van der Waals surface area contributed by atoms with Gasteiger partial charge in [-0.2, -0.15) is 0 Å². The standard InChI is InChI=1S/C13H22N4O/c1-8(2)12-15-11(14)9(3)13(16-12)17(4)10-5-6-18-7-10/h8,10H,5-7H2,1-4H3,(H2,14,15,16). The molecule has 2 heterocycles. The Morgan fingerprint density at radius 1 is 1.39 bits per heavy atom. The van der Waals surface area contributed by atoms with E-state index in [0.29, 0.717) is 11.9 Å². The summed E-state index contributed by atoms with van der Waals surface area (Å²) < 4.78 is 5.43. The number of hydrogen-bond acceptors (Lipinski definition) is 5. The zero-order chi connectivity index (χ0) is 13.3. The van der Waals surface area contributed by atoms with Gasteiger partial charge in [0.2, 0.25) is 0 Å². The molecule has 0 spiro atoms. The molecule has 1 saturated heterocycles. The van der Waals surface area contributed by atoms with Crippen molar-refractivity contribution in [3.63, 3.8) is 0 Å². The predicted molar refractivity (Wildman–Crippen MR) is 72.9 cm³/mol. The van der Waals surface area contributed by atoms with Crippen LogP contribution in [0.4, 0.5) is 11.6 Å². The third kappa shape index (κ3) is 2.41. The van der Waals surface area contributed by atoms with Crippen LogP contribution in [0.2, 0.25) is 0 Å². The van der Waals surface area contributed by atoms with E-state index in [9.17, 15) is 0 Å². The molecule has 1 aliphatic rings. The summed E-state index contributed by atoms with van der Waals surface area (Å²) in [6, 6.07) is 0.387. The molecule has 2 rings (SSSR count). The lowest BCUT2D eigenvalue weighted by atomic mass is 10.1. The molecular weight excluding hydrogens is 228 g/mol. The molecule has 1 atom stereocenters. The Hall–Kier alpha value is -1.36. The van der Waals surface area contributed by atoms with Gasteiger partial charge in [-0.1, -0.05) is 13.8 Å². The first-order chi connectivity index (χ1) is 8.50. The van der Waals surface area contributed by atoms with Gasteiger partial charge < -0.3 is 15.4 Å². The van der Waals surface area contributed by atoms with Gasteiger partial charge >= 0.3 is 0 Å². The van der Waals surface area contributed by atoms with Gasteiger partial charge in [0.15, 0.2) is 0 Å². The van der Waals surface area contributed by atoms with Crippen LogP contribution in [0.1, 0.15) is 37.6 Å². The molecule has 0 aliphatic carbocycles. The molecule has 0 saturated carbocycles. The fourth-order valence-electron chi connectivity index (χ4n) is 2.14. The highest BCUT2D eigenvalue weighted by Gasteiger charge is 2.24. The van der Waals surface area contributed by atoms with Crippen molar-refractivity contribution in [2.24, 2.45) is 0 Å². The van der Waals surface area contributed by atoms with Crippen LogP contribution < -0.4 is 10.6 Å². The second-order valence-electron chi connectivity index (χ2n) is 5.20. The van der Waals surface area contributed by atoms with Gasteiger partial charge in [-0.05, 0) is 13.3 Å². The quantitative estimate of drug-likeness (QED) is 0.884. The summed E-state index contributed by atoms with van der Waals surface area (Å²) in [5.41, 5.74) is 6.94. The molecule has 1 aliphatic heterocycles. The lowest BCUT2D eigenvalue weighted by molar-refractivity contribution is 0.193. The molecule has 0 amide bonds. The molecule has 1 aromatic heterocycles. The van der Waals surface area contributed by atoms with Gasteiger partial charge in [-0.15, -0.1) is 0 Å². The highest BCUT2D eigenvalue weighted by molar-refractivity contribution is 5.56. The Bertz CT molecular complexity index is 427. The summed E-state index contributed by atoms with van der Waals surface area (Å²) in [4.78, 5) is 11.2. The summed E-state index contributed by atoms with van der Waals surface area (Å²) in [6.45, 7) is 7.71. The number of nitrogens with two attached hydrogens (primary N) is 1. The summed E-state index contributed by atoms with van der Waals surface area (Å²) in [6.07, 6.45) is 1.04. The molecule has 1 unspecified atom stereocenters. The third-order valence-electron chi connectivity index (χ3n) is 3.48. The van der Waals surface area contributed by atoms with E-state index < -0.39 is 0 Å². The largest absolute Gasteiger partial charge is 0.383 e. The molecule has 100 valence electrons. The number of hydrogen-bond donors (Lipinski definition) is 1. The molecule has 5 heteroatoms. The minimum Gasteiger partial charge on any atom is -0.383 e. The summed E-state index contributed by atoms with van der Waals surface area (Å²) in [5.74, 6) is 2.59. The first-order valence-corrected chi connectivity index (χ1v) is 6.45. The van der Waals surface area contributed by atoms with Gasteiger partial charge in [0, 0.05) is 25.1 Å². The lowest BCUT2D eigenvalue weighted by Crippen LogP contribution is -2.33. The molecule has 0 aromatic carbocycles. The van der Waals surface area contributed by atoms with Crippen LogP contribution in [0, 0.1) is 6.92 Å². The summed E-state index contributed by atoms with van der Waals surface area (Å²) in [7, 11) is 2.05. The maximum atomic E-state index is 5.99. The summed E-state index contributed by atoms with van der Waals surface area (Å²) in [5, 5.41) is 0. The normalized spacial score (nSPS) is 19.5. The van der Waals surface area contributed by atoms with E-state index in [0.717, 1.165) is 36.8 Å². The van der Waals surface area contributed by atoms with Crippen molar-refractivity contribution in [3.05, 3.63) is 11.4 Å². The molecule has 0 bridgehead atoms. The minimum atomic E-state index is 0.278. The van der Waals surface area contributed by atoms with Crippen LogP contribution in [0.15, 0.2) is 0 Å². The SMILES string of the molecule is Cc1c(N)nc(C(C)C)nc1N(C)C1CCOC1. The Balaban J connectivity index is 2.35. The highest BCUT2D eigenvalue weighted by Crippen LogP contribution is 2.26. The van der Waals surface area contributed by atoms with Gasteiger partial charge in [-0.3, -0.25) is 0 Å². The van der Waals surface area contributed by atoms with E-state index in [1.165, 1.54) is 0 Å². The van der Waals surface area contributed by atoms with Crippen molar-refractivity contribution in [2.75, 3.05) is 30.9 Å².